The van der Waals surface area contributed by atoms with E-state index in [9.17, 15) is 9.90 Å². The van der Waals surface area contributed by atoms with Crippen LogP contribution in [0.25, 0.3) is 0 Å². The van der Waals surface area contributed by atoms with E-state index in [-0.39, 0.29) is 12.2 Å². The minimum absolute atomic E-state index is 0.0463. The second-order valence-electron chi connectivity index (χ2n) is 4.66. The number of ether oxygens (including phenoxy) is 2. The molecule has 0 aromatic carbocycles. The first-order valence-electron chi connectivity index (χ1n) is 6.09. The van der Waals surface area contributed by atoms with Gasteiger partial charge in [-0.25, -0.2) is 0 Å². The maximum atomic E-state index is 11.5. The van der Waals surface area contributed by atoms with Crippen molar-refractivity contribution in [3.63, 3.8) is 0 Å². The van der Waals surface area contributed by atoms with Crippen molar-refractivity contribution >= 4 is 5.91 Å². The highest BCUT2D eigenvalue weighted by atomic mass is 16.7. The Morgan fingerprint density at radius 1 is 1.41 bits per heavy atom. The van der Waals surface area contributed by atoms with Gasteiger partial charge in [0, 0.05) is 33.6 Å². The molecule has 1 aliphatic heterocycles. The number of methoxy groups -OCH3 is 2. The summed E-state index contributed by atoms with van der Waals surface area (Å²) in [5, 5.41) is 9.98. The van der Waals surface area contributed by atoms with Crippen molar-refractivity contribution in [3.8, 4) is 0 Å². The van der Waals surface area contributed by atoms with Crippen LogP contribution < -0.4 is 0 Å². The topological polar surface area (TPSA) is 59.0 Å². The molecule has 1 heterocycles. The first-order chi connectivity index (χ1) is 8.01. The third kappa shape index (κ3) is 3.94. The Morgan fingerprint density at radius 2 is 2.06 bits per heavy atom. The fourth-order valence-electron chi connectivity index (χ4n) is 2.16. The molecule has 0 aromatic rings. The molecule has 1 rings (SSSR count). The number of rotatable bonds is 7. The van der Waals surface area contributed by atoms with Gasteiger partial charge in [0.05, 0.1) is 0 Å². The van der Waals surface area contributed by atoms with E-state index in [1.54, 1.807) is 26.0 Å². The van der Waals surface area contributed by atoms with Gasteiger partial charge in [0.15, 0.2) is 6.29 Å². The van der Waals surface area contributed by atoms with E-state index in [1.165, 1.54) is 0 Å². The Labute approximate surface area is 103 Å². The van der Waals surface area contributed by atoms with Crippen LogP contribution in [0.2, 0.25) is 0 Å². The lowest BCUT2D eigenvalue weighted by atomic mass is 10.1. The molecule has 0 spiro atoms. The van der Waals surface area contributed by atoms with Crippen LogP contribution in [0.1, 0.15) is 39.0 Å². The molecule has 5 heteroatoms. The van der Waals surface area contributed by atoms with Gasteiger partial charge in [0.1, 0.15) is 5.72 Å². The van der Waals surface area contributed by atoms with E-state index in [4.69, 9.17) is 9.47 Å². The van der Waals surface area contributed by atoms with Crippen molar-refractivity contribution in [2.75, 3.05) is 20.8 Å². The number of aliphatic hydroxyl groups is 1. The third-order valence-electron chi connectivity index (χ3n) is 3.29. The summed E-state index contributed by atoms with van der Waals surface area (Å²) in [5.74, 6) is 0.0463. The second kappa shape index (κ2) is 6.33. The molecule has 1 N–H and O–H groups in total. The van der Waals surface area contributed by atoms with Gasteiger partial charge >= 0.3 is 0 Å². The predicted octanol–water partition coefficient (Wildman–Crippen LogP) is 1.11. The average Bonchev–Trinajstić information content (AvgIpc) is 2.55. The average molecular weight is 245 g/mol. The third-order valence-corrected chi connectivity index (χ3v) is 3.29. The zero-order valence-corrected chi connectivity index (χ0v) is 10.9. The van der Waals surface area contributed by atoms with E-state index in [0.717, 1.165) is 19.3 Å². The van der Waals surface area contributed by atoms with Gasteiger partial charge in [-0.3, -0.25) is 4.79 Å². The Balaban J connectivity index is 2.24. The minimum atomic E-state index is -0.959. The van der Waals surface area contributed by atoms with Crippen molar-refractivity contribution < 1.29 is 19.4 Å². The first kappa shape index (κ1) is 14.4. The number of carbonyl (C=O) groups is 1. The van der Waals surface area contributed by atoms with E-state index in [1.807, 2.05) is 0 Å². The summed E-state index contributed by atoms with van der Waals surface area (Å²) in [7, 11) is 3.23. The molecule has 5 nitrogen and oxygen atoms in total. The molecule has 1 aliphatic rings. The molecule has 0 aromatic heterocycles. The molecule has 1 unspecified atom stereocenters. The molecular weight excluding hydrogens is 222 g/mol. The fraction of sp³-hybridized carbons (Fsp3) is 0.917. The molecular formula is C12H23NO4. The van der Waals surface area contributed by atoms with Crippen molar-refractivity contribution in [3.05, 3.63) is 0 Å². The predicted molar refractivity (Wildman–Crippen MR) is 63.2 cm³/mol. The van der Waals surface area contributed by atoms with Crippen molar-refractivity contribution in [2.24, 2.45) is 0 Å². The molecule has 1 fully saturated rings. The van der Waals surface area contributed by atoms with E-state index >= 15 is 0 Å². The highest BCUT2D eigenvalue weighted by molar-refractivity contribution is 5.79. The first-order valence-corrected chi connectivity index (χ1v) is 6.09. The largest absolute Gasteiger partial charge is 0.371 e. The number of hydrogen-bond acceptors (Lipinski definition) is 4. The van der Waals surface area contributed by atoms with E-state index < -0.39 is 5.72 Å². The summed E-state index contributed by atoms with van der Waals surface area (Å²) in [4.78, 5) is 13.1. The van der Waals surface area contributed by atoms with Gasteiger partial charge < -0.3 is 19.5 Å². The van der Waals surface area contributed by atoms with Crippen LogP contribution in [-0.2, 0) is 14.3 Å². The van der Waals surface area contributed by atoms with Gasteiger partial charge in [-0.15, -0.1) is 0 Å². The van der Waals surface area contributed by atoms with Crippen LogP contribution in [0, 0.1) is 0 Å². The molecule has 17 heavy (non-hydrogen) atoms. The van der Waals surface area contributed by atoms with Crippen molar-refractivity contribution in [2.45, 2.75) is 51.0 Å². The SMILES string of the molecule is COC(CCCCN1C(=O)CCC1(C)O)OC. The zero-order valence-electron chi connectivity index (χ0n) is 10.9. The number of amides is 1. The summed E-state index contributed by atoms with van der Waals surface area (Å²) in [5.41, 5.74) is -0.959. The molecule has 0 radical (unpaired) electrons. The van der Waals surface area contributed by atoms with Crippen LogP contribution in [-0.4, -0.2) is 48.7 Å². The minimum Gasteiger partial charge on any atom is -0.371 e. The monoisotopic (exact) mass is 245 g/mol. The fourth-order valence-corrected chi connectivity index (χ4v) is 2.16. The van der Waals surface area contributed by atoms with E-state index in [2.05, 4.69) is 0 Å². The summed E-state index contributed by atoms with van der Waals surface area (Å²) in [6, 6.07) is 0. The highest BCUT2D eigenvalue weighted by Crippen LogP contribution is 2.27. The maximum Gasteiger partial charge on any atom is 0.224 e. The smallest absolute Gasteiger partial charge is 0.224 e. The zero-order chi connectivity index (χ0) is 12.9. The van der Waals surface area contributed by atoms with Gasteiger partial charge in [-0.1, -0.05) is 0 Å². The normalized spacial score (nSPS) is 25.0. The molecule has 1 saturated heterocycles. The molecule has 1 atom stereocenters. The summed E-state index contributed by atoms with van der Waals surface area (Å²) < 4.78 is 10.2. The molecule has 1 amide bonds. The van der Waals surface area contributed by atoms with E-state index in [0.29, 0.717) is 19.4 Å². The number of unbranched alkanes of at least 4 members (excludes halogenated alkanes) is 1. The quantitative estimate of drug-likeness (QED) is 0.539. The number of carbonyl (C=O) groups excluding carboxylic acids is 1. The lowest BCUT2D eigenvalue weighted by Gasteiger charge is -2.30. The Bertz CT molecular complexity index is 251. The summed E-state index contributed by atoms with van der Waals surface area (Å²) >= 11 is 0. The molecule has 100 valence electrons. The lowest BCUT2D eigenvalue weighted by Crippen LogP contribution is -2.43. The van der Waals surface area contributed by atoms with Gasteiger partial charge in [-0.05, 0) is 26.2 Å². The molecule has 0 bridgehead atoms. The number of nitrogens with zero attached hydrogens (tertiary/aromatic N) is 1. The Morgan fingerprint density at radius 3 is 2.53 bits per heavy atom. The lowest BCUT2D eigenvalue weighted by molar-refractivity contribution is -0.142. The Hall–Kier alpha value is -0.650. The van der Waals surface area contributed by atoms with Crippen LogP contribution in [0.3, 0.4) is 0 Å². The Kier molecular flexibility index (Phi) is 5.36. The van der Waals surface area contributed by atoms with Crippen LogP contribution in [0.5, 0.6) is 0 Å². The van der Waals surface area contributed by atoms with Crippen molar-refractivity contribution in [1.82, 2.24) is 4.90 Å². The summed E-state index contributed by atoms with van der Waals surface area (Å²) in [6.07, 6.45) is 3.37. The van der Waals surface area contributed by atoms with Crippen LogP contribution in [0.15, 0.2) is 0 Å². The molecule has 0 saturated carbocycles. The van der Waals surface area contributed by atoms with Gasteiger partial charge in [0.2, 0.25) is 5.91 Å². The number of likely N-dealkylation sites (tertiary alicyclic amines) is 1. The molecule has 0 aliphatic carbocycles. The second-order valence-corrected chi connectivity index (χ2v) is 4.66. The van der Waals surface area contributed by atoms with Gasteiger partial charge in [-0.2, -0.15) is 0 Å². The number of hydrogen-bond donors (Lipinski definition) is 1. The highest BCUT2D eigenvalue weighted by Gasteiger charge is 2.38. The van der Waals surface area contributed by atoms with Gasteiger partial charge in [0.25, 0.3) is 0 Å². The standard InChI is InChI=1S/C12H23NO4/c1-12(15)8-7-10(14)13(12)9-5-4-6-11(16-2)17-3/h11,15H,4-9H2,1-3H3. The van der Waals surface area contributed by atoms with Crippen molar-refractivity contribution in [1.29, 1.82) is 0 Å². The van der Waals surface area contributed by atoms with Crippen LogP contribution >= 0.6 is 0 Å². The van der Waals surface area contributed by atoms with Crippen LogP contribution in [0.4, 0.5) is 0 Å². The maximum absolute atomic E-state index is 11.5. The summed E-state index contributed by atoms with van der Waals surface area (Å²) in [6.45, 7) is 2.30.